The molecular weight excluding hydrogens is 368 g/mol. The van der Waals surface area contributed by atoms with Crippen LogP contribution in [-0.4, -0.2) is 28.2 Å². The number of azo groups is 1. The number of fused-ring (bicyclic) bond motifs is 1. The summed E-state index contributed by atoms with van der Waals surface area (Å²) in [5.74, 6) is -0.0611. The zero-order valence-electron chi connectivity index (χ0n) is 16.6. The lowest BCUT2D eigenvalue weighted by atomic mass is 10.0. The summed E-state index contributed by atoms with van der Waals surface area (Å²) in [5, 5.41) is 18.3. The molecule has 1 saturated heterocycles. The number of carbonyl (C=O) groups is 1. The van der Waals surface area contributed by atoms with Crippen LogP contribution >= 0.6 is 0 Å². The molecule has 2 heterocycles. The normalized spacial score (nSPS) is 17.3. The Labute approximate surface area is 168 Å². The van der Waals surface area contributed by atoms with Gasteiger partial charge in [-0.1, -0.05) is 5.11 Å². The van der Waals surface area contributed by atoms with Crippen molar-refractivity contribution in [2.75, 3.05) is 17.2 Å². The average Bonchev–Trinajstić information content (AvgIpc) is 2.96. The van der Waals surface area contributed by atoms with Gasteiger partial charge in [0.05, 0.1) is 14.1 Å². The monoisotopic (exact) mass is 393 g/mol. The molecule has 1 aliphatic heterocycles. The fraction of sp³-hybridized carbons (Fsp3) is 0.333. The Kier molecular flexibility index (Phi) is 4.92. The van der Waals surface area contributed by atoms with Crippen LogP contribution in [0.2, 0.25) is 0 Å². The van der Waals surface area contributed by atoms with E-state index in [-0.39, 0.29) is 0 Å². The van der Waals surface area contributed by atoms with Crippen molar-refractivity contribution in [2.45, 2.75) is 25.3 Å². The van der Waals surface area contributed by atoms with E-state index in [0.717, 1.165) is 36.1 Å². The summed E-state index contributed by atoms with van der Waals surface area (Å²) in [7, 11) is 3.87. The summed E-state index contributed by atoms with van der Waals surface area (Å²) in [6.07, 6.45) is 2.64. The third-order valence-electron chi connectivity index (χ3n) is 5.55. The highest BCUT2D eigenvalue weighted by molar-refractivity contribution is 5.79. The Morgan fingerprint density at radius 1 is 1.17 bits per heavy atom. The van der Waals surface area contributed by atoms with E-state index in [2.05, 4.69) is 10.2 Å². The number of anilines is 2. The summed E-state index contributed by atoms with van der Waals surface area (Å²) < 4.78 is 3.92. The van der Waals surface area contributed by atoms with E-state index in [1.165, 1.54) is 0 Å². The van der Waals surface area contributed by atoms with Gasteiger partial charge in [0.1, 0.15) is 22.8 Å². The van der Waals surface area contributed by atoms with Gasteiger partial charge < -0.3 is 15.7 Å². The van der Waals surface area contributed by atoms with Crippen LogP contribution < -0.4 is 15.2 Å². The minimum Gasteiger partial charge on any atom is -0.480 e. The molecule has 1 aliphatic rings. The number of aromatic nitrogens is 2. The van der Waals surface area contributed by atoms with E-state index in [0.29, 0.717) is 23.7 Å². The van der Waals surface area contributed by atoms with Crippen LogP contribution in [0.5, 0.6) is 0 Å². The van der Waals surface area contributed by atoms with Crippen molar-refractivity contribution < 1.29 is 14.5 Å². The van der Waals surface area contributed by atoms with Gasteiger partial charge in [-0.25, -0.2) is 13.9 Å². The smallest absolute Gasteiger partial charge is 0.422 e. The van der Waals surface area contributed by atoms with Gasteiger partial charge in [0, 0.05) is 29.1 Å². The number of nitrogens with two attached hydrogens (primary N) is 1. The number of aliphatic carboxylic acids is 1. The molecule has 0 aliphatic carbocycles. The van der Waals surface area contributed by atoms with Gasteiger partial charge in [-0.05, 0) is 55.7 Å². The Bertz CT molecular complexity index is 1090. The molecule has 1 unspecified atom stereocenters. The predicted molar refractivity (Wildman–Crippen MR) is 112 cm³/mol. The molecule has 0 bridgehead atoms. The van der Waals surface area contributed by atoms with Crippen LogP contribution in [0, 0.1) is 0 Å². The number of carboxylic acids is 1. The molecule has 3 N–H and O–H groups in total. The number of hydrogen-bond acceptors (Lipinski definition) is 5. The maximum Gasteiger partial charge on any atom is 0.422 e. The van der Waals surface area contributed by atoms with E-state index in [1.54, 1.807) is 0 Å². The summed E-state index contributed by atoms with van der Waals surface area (Å²) >= 11 is 0. The Balaban J connectivity index is 1.59. The molecule has 0 amide bonds. The molecule has 29 heavy (non-hydrogen) atoms. The highest BCUT2D eigenvalue weighted by atomic mass is 16.4. The molecular formula is C21H25N6O2+. The standard InChI is InChI=1S/C21H24N6O2/c1-25-17-11-6-14(22)13-19(17)26(2)21(25)24-23-15-7-9-16(10-8-15)27-12-4-3-5-18(27)20(28)29/h6-11,13,18H,3-5,12H2,1-2H3,(H2-,22,23,28,29)/p+1. The first-order valence-corrected chi connectivity index (χ1v) is 9.71. The number of hydrogen-bond donors (Lipinski definition) is 2. The number of imidazole rings is 1. The van der Waals surface area contributed by atoms with Gasteiger partial charge in [-0.3, -0.25) is 0 Å². The SMILES string of the molecule is Cn1c(N=Nc2ccc(N3CCCCC3C(=O)O)cc2)[n+](C)c2ccc(N)cc21. The molecule has 4 rings (SSSR count). The number of aryl methyl sites for hydroxylation is 2. The molecule has 1 fully saturated rings. The predicted octanol–water partition coefficient (Wildman–Crippen LogP) is 3.44. The molecule has 1 atom stereocenters. The number of nitrogens with zero attached hydrogens (tertiary/aromatic N) is 5. The van der Waals surface area contributed by atoms with Crippen molar-refractivity contribution in [1.82, 2.24) is 4.57 Å². The fourth-order valence-corrected chi connectivity index (χ4v) is 3.98. The molecule has 150 valence electrons. The summed E-state index contributed by atoms with van der Waals surface area (Å²) in [5.41, 5.74) is 10.2. The number of carboxylic acid groups (broad SMARTS) is 1. The number of piperidine rings is 1. The highest BCUT2D eigenvalue weighted by Crippen LogP contribution is 2.28. The average molecular weight is 393 g/mol. The minimum atomic E-state index is -0.766. The first kappa shape index (κ1) is 18.9. The molecule has 8 heteroatoms. The second kappa shape index (κ2) is 7.54. The van der Waals surface area contributed by atoms with Gasteiger partial charge >= 0.3 is 11.9 Å². The second-order valence-corrected chi connectivity index (χ2v) is 7.43. The van der Waals surface area contributed by atoms with Crippen LogP contribution in [0.4, 0.5) is 23.0 Å². The lowest BCUT2D eigenvalue weighted by Gasteiger charge is -2.34. The van der Waals surface area contributed by atoms with E-state index in [9.17, 15) is 9.90 Å². The Morgan fingerprint density at radius 3 is 2.66 bits per heavy atom. The first-order valence-electron chi connectivity index (χ1n) is 9.71. The molecule has 0 radical (unpaired) electrons. The van der Waals surface area contributed by atoms with Crippen molar-refractivity contribution in [3.8, 4) is 0 Å². The van der Waals surface area contributed by atoms with E-state index >= 15 is 0 Å². The summed E-state index contributed by atoms with van der Waals surface area (Å²) in [6, 6.07) is 12.9. The van der Waals surface area contributed by atoms with Crippen LogP contribution in [0.1, 0.15) is 19.3 Å². The van der Waals surface area contributed by atoms with Crippen LogP contribution in [0.15, 0.2) is 52.7 Å². The van der Waals surface area contributed by atoms with Crippen molar-refractivity contribution in [2.24, 2.45) is 24.3 Å². The molecule has 0 spiro atoms. The zero-order chi connectivity index (χ0) is 20.5. The minimum absolute atomic E-state index is 0.460. The molecule has 2 aromatic carbocycles. The molecule has 3 aromatic rings. The Hall–Kier alpha value is -3.42. The fourth-order valence-electron chi connectivity index (χ4n) is 3.98. The van der Waals surface area contributed by atoms with Gasteiger partial charge in [-0.15, -0.1) is 0 Å². The van der Waals surface area contributed by atoms with E-state index in [1.807, 2.05) is 70.6 Å². The lowest BCUT2D eigenvalue weighted by Crippen LogP contribution is -2.44. The van der Waals surface area contributed by atoms with E-state index in [4.69, 9.17) is 5.73 Å². The summed E-state index contributed by atoms with van der Waals surface area (Å²) in [6.45, 7) is 0.757. The third kappa shape index (κ3) is 3.53. The number of nitrogen functional groups attached to an aromatic ring is 1. The zero-order valence-corrected chi connectivity index (χ0v) is 16.6. The van der Waals surface area contributed by atoms with Gasteiger partial charge in [-0.2, -0.15) is 0 Å². The van der Waals surface area contributed by atoms with Crippen molar-refractivity contribution in [1.29, 1.82) is 0 Å². The lowest BCUT2D eigenvalue weighted by molar-refractivity contribution is -0.632. The maximum absolute atomic E-state index is 11.5. The quantitative estimate of drug-likeness (QED) is 0.403. The van der Waals surface area contributed by atoms with Crippen LogP contribution in [-0.2, 0) is 18.9 Å². The Morgan fingerprint density at radius 2 is 1.93 bits per heavy atom. The summed E-state index contributed by atoms with van der Waals surface area (Å²) in [4.78, 5) is 13.5. The second-order valence-electron chi connectivity index (χ2n) is 7.43. The van der Waals surface area contributed by atoms with Gasteiger partial charge in [0.25, 0.3) is 0 Å². The van der Waals surface area contributed by atoms with Gasteiger partial charge in [0.2, 0.25) is 0 Å². The van der Waals surface area contributed by atoms with Crippen LogP contribution in [0.25, 0.3) is 11.0 Å². The molecule has 8 nitrogen and oxygen atoms in total. The number of rotatable bonds is 4. The van der Waals surface area contributed by atoms with E-state index < -0.39 is 12.0 Å². The maximum atomic E-state index is 11.5. The van der Waals surface area contributed by atoms with Crippen molar-refractivity contribution in [3.05, 3.63) is 42.5 Å². The van der Waals surface area contributed by atoms with Gasteiger partial charge in [0.15, 0.2) is 0 Å². The van der Waals surface area contributed by atoms with Crippen molar-refractivity contribution in [3.63, 3.8) is 0 Å². The van der Waals surface area contributed by atoms with Crippen molar-refractivity contribution >= 4 is 40.0 Å². The van der Waals surface area contributed by atoms with Crippen LogP contribution in [0.3, 0.4) is 0 Å². The largest absolute Gasteiger partial charge is 0.480 e. The molecule has 1 aromatic heterocycles. The highest BCUT2D eigenvalue weighted by Gasteiger charge is 2.28. The number of benzene rings is 2. The molecule has 0 saturated carbocycles. The topological polar surface area (TPSA) is 100 Å². The first-order chi connectivity index (χ1) is 14.0. The third-order valence-corrected chi connectivity index (χ3v) is 5.55.